The van der Waals surface area contributed by atoms with Gasteiger partial charge < -0.3 is 14.2 Å². The summed E-state index contributed by atoms with van der Waals surface area (Å²) >= 11 is 0. The Morgan fingerprint density at radius 2 is 1.11 bits per heavy atom. The summed E-state index contributed by atoms with van der Waals surface area (Å²) in [6, 6.07) is 10.5. The Labute approximate surface area is 299 Å². The third kappa shape index (κ3) is 9.42. The first-order valence-electron chi connectivity index (χ1n) is 11.0. The molecule has 226 valence electrons. The molecule has 0 aliphatic heterocycles. The van der Waals surface area contributed by atoms with Crippen LogP contribution in [0.2, 0.25) is 0 Å². The van der Waals surface area contributed by atoms with Crippen LogP contribution in [0.5, 0.6) is 5.75 Å². The molecule has 0 heterocycles. The monoisotopic (exact) mass is 716 g/mol. The molecule has 0 unspecified atom stereocenters. The van der Waals surface area contributed by atoms with Crippen molar-refractivity contribution in [2.45, 2.75) is 19.6 Å². The summed E-state index contributed by atoms with van der Waals surface area (Å²) in [7, 11) is -19.9. The number of fused-ring (bicyclic) bond motifs is 1. The van der Waals surface area contributed by atoms with Crippen LogP contribution in [0, 0.1) is 0 Å². The molecule has 0 saturated heterocycles. The Bertz CT molecular complexity index is 2300. The predicted molar refractivity (Wildman–Crippen MR) is 142 cm³/mol. The van der Waals surface area contributed by atoms with E-state index in [1.165, 1.54) is 12.1 Å². The van der Waals surface area contributed by atoms with Gasteiger partial charge >= 0.3 is 59.1 Å². The van der Waals surface area contributed by atoms with Gasteiger partial charge in [0.15, 0.2) is 5.75 Å². The molecule has 0 amide bonds. The van der Waals surface area contributed by atoms with Crippen LogP contribution in [0.1, 0.15) is 0 Å². The Morgan fingerprint density at radius 3 is 1.64 bits per heavy atom. The number of nitrogens with zero attached hydrogens (tertiary/aromatic N) is 4. The van der Waals surface area contributed by atoms with Crippen molar-refractivity contribution in [3.8, 4) is 5.75 Å². The quantitative estimate of drug-likeness (QED) is 0.0982. The van der Waals surface area contributed by atoms with Crippen LogP contribution in [0.3, 0.4) is 0 Å². The molecule has 23 heteroatoms. The number of phenols is 1. The van der Waals surface area contributed by atoms with Gasteiger partial charge in [0.25, 0.3) is 20.2 Å². The molecule has 4 aromatic rings. The number of phenolic OH excluding ortho intramolecular Hbond substituents is 1. The van der Waals surface area contributed by atoms with Crippen LogP contribution in [-0.4, -0.2) is 57.0 Å². The maximum Gasteiger partial charge on any atom is 1.00 e. The van der Waals surface area contributed by atoms with E-state index < -0.39 is 77.2 Å². The fourth-order valence-corrected chi connectivity index (χ4v) is 5.77. The van der Waals surface area contributed by atoms with Gasteiger partial charge in [0.05, 0.1) is 26.1 Å². The molecule has 0 saturated carbocycles. The number of azo groups is 2. The van der Waals surface area contributed by atoms with E-state index in [0.717, 1.165) is 48.5 Å². The van der Waals surface area contributed by atoms with Crippen LogP contribution in [-0.2, 0) is 40.5 Å². The van der Waals surface area contributed by atoms with Crippen molar-refractivity contribution >= 4 is 74.0 Å². The van der Waals surface area contributed by atoms with Crippen LogP contribution in [0.4, 0.5) is 22.7 Å². The van der Waals surface area contributed by atoms with Crippen LogP contribution in [0.15, 0.2) is 107 Å². The predicted octanol–water partition coefficient (Wildman–Crippen LogP) is -2.31. The zero-order valence-electron chi connectivity index (χ0n) is 22.7. The average molecular weight is 717 g/mol. The first kappa shape index (κ1) is 39.0. The van der Waals surface area contributed by atoms with Crippen LogP contribution >= 0.6 is 0 Å². The summed E-state index contributed by atoms with van der Waals surface area (Å²) in [4.78, 5) is -3.34. The topological polar surface area (TPSA) is 293 Å². The molecule has 0 spiro atoms. The smallest absolute Gasteiger partial charge is 0.744 e. The summed E-state index contributed by atoms with van der Waals surface area (Å²) < 4.78 is 135. The van der Waals surface area contributed by atoms with Gasteiger partial charge in [-0.2, -0.15) is 27.1 Å². The van der Waals surface area contributed by atoms with E-state index in [1.54, 1.807) is 0 Å². The largest absolute Gasteiger partial charge is 1.00 e. The first-order chi connectivity index (χ1) is 19.7. The molecule has 0 atom stereocenters. The Kier molecular flexibility index (Phi) is 12.4. The SMILES string of the molecule is O=S(=O)([O-])c1ccc2c(N=Nc3ccc(N=Nc4ccc(S(=O)(=O)O)cc4)cc3S(=O)(=O)O)c(O)c(S(=O)(=O)[O-])cc2c1.[Na+].[Na+]. The fourth-order valence-electron chi connectivity index (χ4n) is 3.54. The fraction of sp³-hybridized carbons (Fsp3) is 0. The van der Waals surface area contributed by atoms with Gasteiger partial charge in [0.2, 0.25) is 0 Å². The van der Waals surface area contributed by atoms with Crippen LogP contribution < -0.4 is 59.1 Å². The third-order valence-corrected chi connectivity index (χ3v) is 8.91. The van der Waals surface area contributed by atoms with Gasteiger partial charge in [-0.15, -0.1) is 10.2 Å². The number of rotatable bonds is 8. The van der Waals surface area contributed by atoms with Gasteiger partial charge in [0.1, 0.15) is 36.5 Å². The van der Waals surface area contributed by atoms with E-state index in [9.17, 15) is 52.4 Å². The summed E-state index contributed by atoms with van der Waals surface area (Å²) in [6.45, 7) is 0. The number of hydrogen-bond acceptors (Lipinski definition) is 15. The van der Waals surface area contributed by atoms with E-state index in [1.807, 2.05) is 0 Å². The second-order valence-electron chi connectivity index (χ2n) is 8.36. The molecular formula is C22H14N4Na2O13S4. The van der Waals surface area contributed by atoms with E-state index in [4.69, 9.17) is 4.55 Å². The maximum atomic E-state index is 12.1. The summed E-state index contributed by atoms with van der Waals surface area (Å²) in [5.74, 6) is -1.22. The Morgan fingerprint density at radius 1 is 0.556 bits per heavy atom. The minimum Gasteiger partial charge on any atom is -0.744 e. The molecule has 4 aromatic carbocycles. The van der Waals surface area contributed by atoms with E-state index >= 15 is 0 Å². The molecule has 0 fully saturated rings. The van der Waals surface area contributed by atoms with E-state index in [2.05, 4.69) is 20.5 Å². The minimum atomic E-state index is -5.38. The van der Waals surface area contributed by atoms with Crippen molar-refractivity contribution in [1.29, 1.82) is 0 Å². The van der Waals surface area contributed by atoms with Crippen LogP contribution in [0.25, 0.3) is 10.8 Å². The Hall–Kier alpha value is -2.22. The van der Waals surface area contributed by atoms with Gasteiger partial charge in [-0.25, -0.2) is 16.8 Å². The average Bonchev–Trinajstić information content (AvgIpc) is 2.89. The normalized spacial score (nSPS) is 12.7. The van der Waals surface area contributed by atoms with Crippen molar-refractivity contribution in [3.05, 3.63) is 66.7 Å². The molecule has 4 rings (SSSR count). The standard InChI is InChI=1S/C22H16N4O13S4.2Na/c27-22-20(43(37,38)39)10-12-9-16(41(31,32)33)6-7-17(12)21(22)26-25-18-8-3-14(11-19(18)42(34,35)36)24-23-13-1-4-15(5-2-13)40(28,29)30;;/h1-11,27H,(H,28,29,30)(H,31,32,33)(H,34,35,36)(H,37,38,39);;/q;2*+1/p-2. The zero-order chi connectivity index (χ0) is 32.0. The van der Waals surface area contributed by atoms with Crippen molar-refractivity contribution in [3.63, 3.8) is 0 Å². The van der Waals surface area contributed by atoms with Gasteiger partial charge in [-0.3, -0.25) is 9.11 Å². The van der Waals surface area contributed by atoms with Crippen molar-refractivity contribution in [2.75, 3.05) is 0 Å². The molecule has 3 N–H and O–H groups in total. The molecule has 0 aliphatic rings. The molecule has 0 radical (unpaired) electrons. The molecular weight excluding hydrogens is 703 g/mol. The second-order valence-corrected chi connectivity index (χ2v) is 13.9. The number of aromatic hydroxyl groups is 1. The minimum absolute atomic E-state index is 0. The molecule has 45 heavy (non-hydrogen) atoms. The van der Waals surface area contributed by atoms with Gasteiger partial charge in [-0.05, 0) is 66.0 Å². The molecule has 0 aromatic heterocycles. The first-order valence-corrected chi connectivity index (χ1v) is 16.7. The summed E-state index contributed by atoms with van der Waals surface area (Å²) in [5, 5.41) is 24.8. The van der Waals surface area contributed by atoms with E-state index in [-0.39, 0.29) is 81.3 Å². The summed E-state index contributed by atoms with van der Waals surface area (Å²) in [6.07, 6.45) is 0. The summed E-state index contributed by atoms with van der Waals surface area (Å²) in [5.41, 5.74) is -1.36. The van der Waals surface area contributed by atoms with Crippen molar-refractivity contribution in [2.24, 2.45) is 20.5 Å². The van der Waals surface area contributed by atoms with Crippen molar-refractivity contribution in [1.82, 2.24) is 0 Å². The maximum absolute atomic E-state index is 12.1. The van der Waals surface area contributed by atoms with Gasteiger partial charge in [0, 0.05) is 5.39 Å². The molecule has 17 nitrogen and oxygen atoms in total. The Balaban J connectivity index is 0.00000353. The number of benzene rings is 4. The molecule has 0 bridgehead atoms. The zero-order valence-corrected chi connectivity index (χ0v) is 30.0. The second kappa shape index (κ2) is 14.3. The van der Waals surface area contributed by atoms with Gasteiger partial charge in [-0.1, -0.05) is 6.07 Å². The number of hydrogen-bond donors (Lipinski definition) is 3. The third-order valence-electron chi connectivity index (χ3n) is 5.48. The van der Waals surface area contributed by atoms with Crippen molar-refractivity contribution < 1.29 is 116 Å². The van der Waals surface area contributed by atoms with E-state index in [0.29, 0.717) is 6.07 Å². The molecule has 0 aliphatic carbocycles.